The Kier molecular flexibility index (Phi) is 5.45. The Bertz CT molecular complexity index is 1890. The van der Waals surface area contributed by atoms with Crippen molar-refractivity contribution < 1.29 is 14.5 Å². The van der Waals surface area contributed by atoms with Crippen LogP contribution in [0.15, 0.2) is 72.9 Å². The maximum atomic E-state index is 13.5. The first-order valence-electron chi connectivity index (χ1n) is 11.8. The Hall–Kier alpha value is -5.32. The number of benzene rings is 3. The third kappa shape index (κ3) is 3.68. The second-order valence-electron chi connectivity index (χ2n) is 8.72. The number of nitrogens with one attached hydrogen (secondary N) is 1. The number of rotatable bonds is 6. The van der Waals surface area contributed by atoms with E-state index in [2.05, 4.69) is 21.7 Å². The zero-order valence-corrected chi connectivity index (χ0v) is 20.5. The number of nitrogens with zero attached hydrogens (tertiary/aromatic N) is 6. The molecule has 0 radical (unpaired) electrons. The van der Waals surface area contributed by atoms with Gasteiger partial charge in [0.1, 0.15) is 28.5 Å². The second-order valence-corrected chi connectivity index (χ2v) is 8.72. The molecule has 0 aliphatic carbocycles. The lowest BCUT2D eigenvalue weighted by Gasteiger charge is -2.10. The summed E-state index contributed by atoms with van der Waals surface area (Å²) >= 11 is 0. The molecule has 3 aromatic heterocycles. The van der Waals surface area contributed by atoms with Crippen molar-refractivity contribution in [3.63, 3.8) is 0 Å². The molecule has 3 heterocycles. The van der Waals surface area contributed by atoms with Crippen LogP contribution in [0, 0.1) is 17.0 Å². The van der Waals surface area contributed by atoms with Crippen LogP contribution in [0.1, 0.15) is 21.9 Å². The van der Waals surface area contributed by atoms with Crippen LogP contribution < -0.4 is 10.1 Å². The van der Waals surface area contributed by atoms with E-state index in [9.17, 15) is 14.9 Å². The SMILES string of the molecule is COc1ccc(-n2cc(CNC(=O)c3c(C)nc4c5ccccc5c5ccccc5n34)nn2)c([N+](=O)[O-])c1. The molecule has 0 unspecified atom stereocenters. The van der Waals surface area contributed by atoms with E-state index < -0.39 is 4.92 Å². The lowest BCUT2D eigenvalue weighted by Crippen LogP contribution is -2.25. The molecule has 0 aliphatic heterocycles. The molecule has 1 amide bonds. The van der Waals surface area contributed by atoms with Crippen molar-refractivity contribution in [2.45, 2.75) is 13.5 Å². The van der Waals surface area contributed by atoms with Crippen molar-refractivity contribution in [2.24, 2.45) is 0 Å². The first-order chi connectivity index (χ1) is 18.5. The number of nitro groups is 1. The molecule has 0 saturated heterocycles. The number of nitro benzene ring substituents is 1. The molecule has 1 N–H and O–H groups in total. The Balaban J connectivity index is 1.34. The molecule has 11 heteroatoms. The highest BCUT2D eigenvalue weighted by Crippen LogP contribution is 2.31. The van der Waals surface area contributed by atoms with Crippen molar-refractivity contribution in [2.75, 3.05) is 7.11 Å². The highest BCUT2D eigenvalue weighted by molar-refractivity contribution is 6.13. The first-order valence-corrected chi connectivity index (χ1v) is 11.8. The molecular weight excluding hydrogens is 486 g/mol. The zero-order chi connectivity index (χ0) is 26.4. The molecular formula is C27H21N7O4. The number of aromatic nitrogens is 5. The Labute approximate surface area is 215 Å². The van der Waals surface area contributed by atoms with Gasteiger partial charge in [-0.3, -0.25) is 19.3 Å². The number of methoxy groups -OCH3 is 1. The molecule has 6 rings (SSSR count). The topological polar surface area (TPSA) is 129 Å². The van der Waals surface area contributed by atoms with E-state index in [1.165, 1.54) is 23.9 Å². The number of ether oxygens (including phenoxy) is 1. The van der Waals surface area contributed by atoms with Crippen LogP contribution in [0.3, 0.4) is 0 Å². The molecule has 38 heavy (non-hydrogen) atoms. The summed E-state index contributed by atoms with van der Waals surface area (Å²) in [4.78, 5) is 29.2. The fourth-order valence-corrected chi connectivity index (χ4v) is 4.74. The fraction of sp³-hybridized carbons (Fsp3) is 0.111. The summed E-state index contributed by atoms with van der Waals surface area (Å²) in [7, 11) is 1.44. The molecule has 0 bridgehead atoms. The van der Waals surface area contributed by atoms with Crippen LogP contribution >= 0.6 is 0 Å². The van der Waals surface area contributed by atoms with E-state index >= 15 is 0 Å². The maximum Gasteiger partial charge on any atom is 0.298 e. The number of amides is 1. The van der Waals surface area contributed by atoms with Gasteiger partial charge in [0.15, 0.2) is 0 Å². The number of imidazole rings is 1. The van der Waals surface area contributed by atoms with E-state index in [-0.39, 0.29) is 23.8 Å². The van der Waals surface area contributed by atoms with E-state index in [0.717, 1.165) is 21.7 Å². The number of carbonyl (C=O) groups excluding carboxylic acids is 1. The normalized spacial score (nSPS) is 11.3. The number of fused-ring (bicyclic) bond motifs is 6. The summed E-state index contributed by atoms with van der Waals surface area (Å²) < 4.78 is 8.28. The summed E-state index contributed by atoms with van der Waals surface area (Å²) in [6.45, 7) is 1.88. The molecule has 0 saturated carbocycles. The van der Waals surface area contributed by atoms with Gasteiger partial charge in [-0.2, -0.15) is 0 Å². The number of carbonyl (C=O) groups is 1. The number of para-hydroxylation sites is 1. The average Bonchev–Trinajstić information content (AvgIpc) is 3.56. The summed E-state index contributed by atoms with van der Waals surface area (Å²) in [5.74, 6) is 0.0390. The summed E-state index contributed by atoms with van der Waals surface area (Å²) in [6.07, 6.45) is 1.54. The minimum Gasteiger partial charge on any atom is -0.496 e. The van der Waals surface area contributed by atoms with Gasteiger partial charge < -0.3 is 10.1 Å². The first kappa shape index (κ1) is 23.1. The fourth-order valence-electron chi connectivity index (χ4n) is 4.74. The third-order valence-corrected chi connectivity index (χ3v) is 6.47. The standard InChI is InChI=1S/C27H21N7O4/c1-16-25(33-22-10-6-5-8-20(22)19-7-3-4-9-21(19)26(33)29-16)27(35)28-14-17-15-32(31-30-17)23-12-11-18(38-2)13-24(23)34(36)37/h3-13,15H,14H2,1-2H3,(H,28,35). The van der Waals surface area contributed by atoms with Gasteiger partial charge in [-0.25, -0.2) is 9.67 Å². The molecule has 0 atom stereocenters. The van der Waals surface area contributed by atoms with Gasteiger partial charge in [0, 0.05) is 10.8 Å². The molecule has 188 valence electrons. The number of pyridine rings is 1. The van der Waals surface area contributed by atoms with Gasteiger partial charge in [-0.1, -0.05) is 47.7 Å². The largest absolute Gasteiger partial charge is 0.496 e. The van der Waals surface area contributed by atoms with Crippen LogP contribution in [0.4, 0.5) is 5.69 Å². The Morgan fingerprint density at radius 2 is 1.79 bits per heavy atom. The van der Waals surface area contributed by atoms with E-state index in [0.29, 0.717) is 28.5 Å². The molecule has 0 spiro atoms. The maximum absolute atomic E-state index is 13.5. The van der Waals surface area contributed by atoms with Gasteiger partial charge >= 0.3 is 0 Å². The van der Waals surface area contributed by atoms with Gasteiger partial charge in [-0.15, -0.1) is 5.10 Å². The summed E-state index contributed by atoms with van der Waals surface area (Å²) in [5, 5.41) is 25.6. The number of aryl methyl sites for hydroxylation is 1. The van der Waals surface area contributed by atoms with Crippen molar-refractivity contribution in [3.8, 4) is 11.4 Å². The van der Waals surface area contributed by atoms with E-state index in [1.807, 2.05) is 53.8 Å². The van der Waals surface area contributed by atoms with Gasteiger partial charge in [0.25, 0.3) is 11.6 Å². The zero-order valence-electron chi connectivity index (χ0n) is 20.5. The van der Waals surface area contributed by atoms with Crippen molar-refractivity contribution >= 4 is 38.9 Å². The van der Waals surface area contributed by atoms with Gasteiger partial charge in [0.2, 0.25) is 0 Å². The van der Waals surface area contributed by atoms with Gasteiger partial charge in [0.05, 0.1) is 42.1 Å². The van der Waals surface area contributed by atoms with Crippen molar-refractivity contribution in [1.29, 1.82) is 0 Å². The minimum absolute atomic E-state index is 0.0704. The molecule has 0 fully saturated rings. The third-order valence-electron chi connectivity index (χ3n) is 6.47. The molecule has 3 aromatic carbocycles. The van der Waals surface area contributed by atoms with Crippen molar-refractivity contribution in [3.05, 3.63) is 100 Å². The van der Waals surface area contributed by atoms with Crippen LogP contribution in [0.5, 0.6) is 5.75 Å². The van der Waals surface area contributed by atoms with E-state index in [4.69, 9.17) is 9.72 Å². The van der Waals surface area contributed by atoms with Crippen LogP contribution in [0.2, 0.25) is 0 Å². The highest BCUT2D eigenvalue weighted by Gasteiger charge is 2.22. The lowest BCUT2D eigenvalue weighted by molar-refractivity contribution is -0.384. The van der Waals surface area contributed by atoms with Gasteiger partial charge in [-0.05, 0) is 30.5 Å². The van der Waals surface area contributed by atoms with Crippen LogP contribution in [0.25, 0.3) is 33.0 Å². The quantitative estimate of drug-likeness (QED) is 0.201. The van der Waals surface area contributed by atoms with E-state index in [1.54, 1.807) is 12.3 Å². The van der Waals surface area contributed by atoms with Crippen LogP contribution in [-0.2, 0) is 6.54 Å². The lowest BCUT2D eigenvalue weighted by atomic mass is 10.1. The second kappa shape index (κ2) is 8.96. The monoisotopic (exact) mass is 507 g/mol. The molecule has 11 nitrogen and oxygen atoms in total. The summed E-state index contributed by atoms with van der Waals surface area (Å²) in [5.41, 5.74) is 3.11. The predicted octanol–water partition coefficient (Wildman–Crippen LogP) is 4.38. The number of hydrogen-bond donors (Lipinski definition) is 1. The minimum atomic E-state index is -0.511. The number of hydrogen-bond acceptors (Lipinski definition) is 7. The Morgan fingerprint density at radius 3 is 2.55 bits per heavy atom. The van der Waals surface area contributed by atoms with Crippen LogP contribution in [-0.4, -0.2) is 42.3 Å². The highest BCUT2D eigenvalue weighted by atomic mass is 16.6. The van der Waals surface area contributed by atoms with Crippen molar-refractivity contribution in [1.82, 2.24) is 29.7 Å². The predicted molar refractivity (Wildman–Crippen MR) is 141 cm³/mol. The summed E-state index contributed by atoms with van der Waals surface area (Å²) in [6, 6.07) is 20.4. The average molecular weight is 508 g/mol. The molecule has 0 aliphatic rings. The smallest absolute Gasteiger partial charge is 0.298 e. The Morgan fingerprint density at radius 1 is 1.05 bits per heavy atom. The molecule has 6 aromatic rings.